The van der Waals surface area contributed by atoms with Crippen molar-refractivity contribution in [2.75, 3.05) is 10.6 Å². The molecule has 1 amide bonds. The number of nitrogens with one attached hydrogen (secondary N) is 2. The monoisotopic (exact) mass is 376 g/mol. The molecule has 0 aliphatic rings. The Morgan fingerprint density at radius 2 is 1.71 bits per heavy atom. The third-order valence-electron chi connectivity index (χ3n) is 3.85. The molecular weight excluding hydrogens is 352 g/mol. The zero-order valence-electron chi connectivity index (χ0n) is 16.5. The Kier molecular flexibility index (Phi) is 5.89. The summed E-state index contributed by atoms with van der Waals surface area (Å²) in [5, 5.41) is 6.08. The fourth-order valence-corrected chi connectivity index (χ4v) is 2.70. The van der Waals surface area contributed by atoms with E-state index in [0.717, 1.165) is 22.7 Å². The van der Waals surface area contributed by atoms with Crippen LogP contribution in [0.15, 0.2) is 54.6 Å². The van der Waals surface area contributed by atoms with Crippen LogP contribution in [0.5, 0.6) is 5.75 Å². The average molecular weight is 376 g/mol. The first kappa shape index (κ1) is 19.4. The normalized spacial score (nSPS) is 10.6. The zero-order valence-corrected chi connectivity index (χ0v) is 16.5. The number of carbonyl (C=O) groups excluding carboxylic acids is 1. The molecule has 3 rings (SSSR count). The van der Waals surface area contributed by atoms with Crippen molar-refractivity contribution in [2.24, 2.45) is 0 Å². The number of nitrogens with zero attached hydrogens (tertiary/aromatic N) is 2. The van der Waals surface area contributed by atoms with E-state index in [4.69, 9.17) is 4.74 Å². The van der Waals surface area contributed by atoms with Gasteiger partial charge in [-0.3, -0.25) is 4.79 Å². The van der Waals surface area contributed by atoms with Crippen molar-refractivity contribution in [2.45, 2.75) is 33.8 Å². The van der Waals surface area contributed by atoms with Crippen molar-refractivity contribution in [1.29, 1.82) is 0 Å². The predicted octanol–water partition coefficient (Wildman–Crippen LogP) is 4.88. The van der Waals surface area contributed by atoms with Gasteiger partial charge in [-0.15, -0.1) is 0 Å². The number of benzene rings is 2. The summed E-state index contributed by atoms with van der Waals surface area (Å²) in [7, 11) is 0. The van der Waals surface area contributed by atoms with Crippen LogP contribution in [0.3, 0.4) is 0 Å². The van der Waals surface area contributed by atoms with Crippen LogP contribution in [0.1, 0.15) is 35.7 Å². The van der Waals surface area contributed by atoms with Gasteiger partial charge in [-0.25, -0.2) is 9.97 Å². The third-order valence-corrected chi connectivity index (χ3v) is 3.85. The SMILES string of the molecule is Cc1cccc(NC(=O)c2cc(Nc3ccc(OC(C)C)cc3)nc(C)n2)c1. The van der Waals surface area contributed by atoms with E-state index < -0.39 is 0 Å². The molecule has 0 aliphatic carbocycles. The van der Waals surface area contributed by atoms with Crippen molar-refractivity contribution in [3.05, 3.63) is 71.7 Å². The molecule has 0 aliphatic heterocycles. The number of hydrogen-bond donors (Lipinski definition) is 2. The molecule has 0 spiro atoms. The van der Waals surface area contributed by atoms with E-state index in [0.29, 0.717) is 17.3 Å². The summed E-state index contributed by atoms with van der Waals surface area (Å²) in [5.41, 5.74) is 2.95. The molecule has 0 saturated carbocycles. The summed E-state index contributed by atoms with van der Waals surface area (Å²) in [6.07, 6.45) is 0.123. The second-order valence-corrected chi connectivity index (χ2v) is 6.83. The minimum atomic E-state index is -0.278. The van der Waals surface area contributed by atoms with E-state index >= 15 is 0 Å². The maximum atomic E-state index is 12.6. The van der Waals surface area contributed by atoms with E-state index in [1.165, 1.54) is 0 Å². The second kappa shape index (κ2) is 8.52. The summed E-state index contributed by atoms with van der Waals surface area (Å²) in [6.45, 7) is 7.70. The van der Waals surface area contributed by atoms with E-state index in [1.54, 1.807) is 13.0 Å². The number of aryl methyl sites for hydroxylation is 2. The second-order valence-electron chi connectivity index (χ2n) is 6.83. The number of aromatic nitrogens is 2. The molecule has 2 N–H and O–H groups in total. The van der Waals surface area contributed by atoms with E-state index in [9.17, 15) is 4.79 Å². The highest BCUT2D eigenvalue weighted by Gasteiger charge is 2.11. The van der Waals surface area contributed by atoms with Gasteiger partial charge in [0.15, 0.2) is 0 Å². The molecule has 2 aromatic carbocycles. The lowest BCUT2D eigenvalue weighted by atomic mass is 10.2. The Morgan fingerprint density at radius 3 is 2.39 bits per heavy atom. The number of ether oxygens (including phenoxy) is 1. The molecule has 28 heavy (non-hydrogen) atoms. The lowest BCUT2D eigenvalue weighted by molar-refractivity contribution is 0.102. The summed E-state index contributed by atoms with van der Waals surface area (Å²) in [5.74, 6) is 1.59. The lowest BCUT2D eigenvalue weighted by Gasteiger charge is -2.12. The molecule has 6 heteroatoms. The minimum Gasteiger partial charge on any atom is -0.491 e. The number of anilines is 3. The summed E-state index contributed by atoms with van der Waals surface area (Å²) < 4.78 is 5.65. The van der Waals surface area contributed by atoms with Crippen LogP contribution in [-0.2, 0) is 0 Å². The van der Waals surface area contributed by atoms with Crippen LogP contribution >= 0.6 is 0 Å². The van der Waals surface area contributed by atoms with Gasteiger partial charge < -0.3 is 15.4 Å². The molecule has 144 valence electrons. The highest BCUT2D eigenvalue weighted by atomic mass is 16.5. The lowest BCUT2D eigenvalue weighted by Crippen LogP contribution is -2.15. The molecule has 6 nitrogen and oxygen atoms in total. The van der Waals surface area contributed by atoms with Gasteiger partial charge in [0.05, 0.1) is 6.10 Å². The van der Waals surface area contributed by atoms with Gasteiger partial charge in [-0.05, 0) is 69.7 Å². The number of amides is 1. The van der Waals surface area contributed by atoms with Crippen LogP contribution in [0.4, 0.5) is 17.2 Å². The highest BCUT2D eigenvalue weighted by Crippen LogP contribution is 2.21. The molecule has 3 aromatic rings. The molecule has 0 fully saturated rings. The van der Waals surface area contributed by atoms with E-state index in [1.807, 2.05) is 69.3 Å². The van der Waals surface area contributed by atoms with Crippen molar-refractivity contribution < 1.29 is 9.53 Å². The van der Waals surface area contributed by atoms with Crippen molar-refractivity contribution in [3.8, 4) is 5.75 Å². The highest BCUT2D eigenvalue weighted by molar-refractivity contribution is 6.03. The maximum absolute atomic E-state index is 12.6. The van der Waals surface area contributed by atoms with Gasteiger partial charge in [0.1, 0.15) is 23.1 Å². The van der Waals surface area contributed by atoms with Crippen LogP contribution in [0.2, 0.25) is 0 Å². The molecule has 0 saturated heterocycles. The number of rotatable bonds is 6. The van der Waals surface area contributed by atoms with Crippen LogP contribution in [0.25, 0.3) is 0 Å². The molecular formula is C22H24N4O2. The Balaban J connectivity index is 1.74. The molecule has 0 atom stereocenters. The zero-order chi connectivity index (χ0) is 20.1. The molecule has 0 bridgehead atoms. The van der Waals surface area contributed by atoms with Crippen LogP contribution in [0, 0.1) is 13.8 Å². The van der Waals surface area contributed by atoms with Crippen molar-refractivity contribution in [1.82, 2.24) is 9.97 Å². The molecule has 1 aromatic heterocycles. The Labute approximate surface area is 165 Å². The minimum absolute atomic E-state index is 0.123. The van der Waals surface area contributed by atoms with Gasteiger partial charge in [0.25, 0.3) is 5.91 Å². The summed E-state index contributed by atoms with van der Waals surface area (Å²) in [4.78, 5) is 21.2. The standard InChI is InChI=1S/C22H24N4O2/c1-14(2)28-19-10-8-17(9-11-19)25-21-13-20(23-16(4)24-21)22(27)26-18-7-5-6-15(3)12-18/h5-14H,1-4H3,(H,26,27)(H,23,24,25). The summed E-state index contributed by atoms with van der Waals surface area (Å²) in [6, 6.07) is 16.9. The van der Waals surface area contributed by atoms with Gasteiger partial charge in [-0.1, -0.05) is 12.1 Å². The van der Waals surface area contributed by atoms with Gasteiger partial charge >= 0.3 is 0 Å². The first-order chi connectivity index (χ1) is 13.4. The van der Waals surface area contributed by atoms with Gasteiger partial charge in [0.2, 0.25) is 0 Å². The number of hydrogen-bond acceptors (Lipinski definition) is 5. The van der Waals surface area contributed by atoms with Crippen molar-refractivity contribution in [3.63, 3.8) is 0 Å². The van der Waals surface area contributed by atoms with E-state index in [-0.39, 0.29) is 12.0 Å². The topological polar surface area (TPSA) is 76.1 Å². The fourth-order valence-electron chi connectivity index (χ4n) is 2.70. The van der Waals surface area contributed by atoms with Gasteiger partial charge in [0, 0.05) is 17.4 Å². The smallest absolute Gasteiger partial charge is 0.274 e. The van der Waals surface area contributed by atoms with Crippen LogP contribution < -0.4 is 15.4 Å². The first-order valence-corrected chi connectivity index (χ1v) is 9.16. The fraction of sp³-hybridized carbons (Fsp3) is 0.227. The Bertz CT molecular complexity index is 969. The maximum Gasteiger partial charge on any atom is 0.274 e. The predicted molar refractivity (Wildman–Crippen MR) is 111 cm³/mol. The largest absolute Gasteiger partial charge is 0.491 e. The van der Waals surface area contributed by atoms with Gasteiger partial charge in [-0.2, -0.15) is 0 Å². The van der Waals surface area contributed by atoms with E-state index in [2.05, 4.69) is 20.6 Å². The first-order valence-electron chi connectivity index (χ1n) is 9.16. The Morgan fingerprint density at radius 1 is 0.964 bits per heavy atom. The van der Waals surface area contributed by atoms with Crippen LogP contribution in [-0.4, -0.2) is 22.0 Å². The summed E-state index contributed by atoms with van der Waals surface area (Å²) >= 11 is 0. The molecule has 1 heterocycles. The third kappa shape index (κ3) is 5.30. The number of carbonyl (C=O) groups is 1. The Hall–Kier alpha value is -3.41. The molecule has 0 radical (unpaired) electrons. The average Bonchev–Trinajstić information content (AvgIpc) is 2.62. The quantitative estimate of drug-likeness (QED) is 0.641. The molecule has 0 unspecified atom stereocenters. The van der Waals surface area contributed by atoms with Crippen molar-refractivity contribution >= 4 is 23.1 Å².